The van der Waals surface area contributed by atoms with Gasteiger partial charge in [-0.15, -0.1) is 0 Å². The summed E-state index contributed by atoms with van der Waals surface area (Å²) >= 11 is 0. The molecular weight excluding hydrogens is 440 g/mol. The van der Waals surface area contributed by atoms with Gasteiger partial charge in [-0.3, -0.25) is 4.98 Å². The second kappa shape index (κ2) is 9.72. The summed E-state index contributed by atoms with van der Waals surface area (Å²) in [6.07, 6.45) is 3.64. The van der Waals surface area contributed by atoms with Gasteiger partial charge >= 0.3 is 0 Å². The van der Waals surface area contributed by atoms with Crippen molar-refractivity contribution in [2.24, 2.45) is 0 Å². The van der Waals surface area contributed by atoms with Crippen molar-refractivity contribution < 1.29 is 0 Å². The van der Waals surface area contributed by atoms with E-state index in [1.54, 1.807) is 0 Å². The average molecular weight is 463 g/mol. The van der Waals surface area contributed by atoms with Gasteiger partial charge in [0, 0.05) is 29.1 Å². The fourth-order valence-corrected chi connectivity index (χ4v) is 4.17. The van der Waals surface area contributed by atoms with Crippen LogP contribution in [0.25, 0.3) is 56.4 Å². The van der Waals surface area contributed by atoms with Crippen molar-refractivity contribution in [2.45, 2.75) is 0 Å². The minimum absolute atomic E-state index is 0.653. The first-order valence-electron chi connectivity index (χ1n) is 11.8. The van der Waals surface area contributed by atoms with E-state index < -0.39 is 0 Å². The number of benzene rings is 4. The predicted octanol–water partition coefficient (Wildman–Crippen LogP) is 7.60. The minimum atomic E-state index is 0.653. The first-order valence-corrected chi connectivity index (χ1v) is 11.8. The number of aromatic nitrogens is 4. The van der Waals surface area contributed by atoms with Crippen molar-refractivity contribution in [3.63, 3.8) is 0 Å². The van der Waals surface area contributed by atoms with Crippen molar-refractivity contribution in [3.05, 3.63) is 134 Å². The minimum Gasteiger partial charge on any atom is -0.265 e. The van der Waals surface area contributed by atoms with E-state index in [1.165, 1.54) is 0 Å². The van der Waals surface area contributed by atoms with Gasteiger partial charge in [0.25, 0.3) is 0 Å². The van der Waals surface area contributed by atoms with Gasteiger partial charge in [-0.25, -0.2) is 15.0 Å². The smallest absolute Gasteiger partial charge is 0.164 e. The van der Waals surface area contributed by atoms with E-state index in [9.17, 15) is 0 Å². The summed E-state index contributed by atoms with van der Waals surface area (Å²) in [6.45, 7) is 0. The van der Waals surface area contributed by atoms with E-state index in [0.717, 1.165) is 38.9 Å². The maximum atomic E-state index is 4.83. The maximum absolute atomic E-state index is 4.83. The van der Waals surface area contributed by atoms with Crippen molar-refractivity contribution in [1.82, 2.24) is 19.9 Å². The lowest BCUT2D eigenvalue weighted by atomic mass is 9.99. The van der Waals surface area contributed by atoms with Gasteiger partial charge in [-0.05, 0) is 40.5 Å². The van der Waals surface area contributed by atoms with Crippen LogP contribution in [0.3, 0.4) is 0 Å². The normalized spacial score (nSPS) is 10.8. The lowest BCUT2D eigenvalue weighted by Gasteiger charge is -2.09. The zero-order chi connectivity index (χ0) is 24.2. The van der Waals surface area contributed by atoms with Gasteiger partial charge < -0.3 is 0 Å². The highest BCUT2D eigenvalue weighted by atomic mass is 15.0. The molecule has 0 aliphatic rings. The van der Waals surface area contributed by atoms with Crippen LogP contribution in [-0.4, -0.2) is 19.9 Å². The third-order valence-corrected chi connectivity index (χ3v) is 6.05. The molecular formula is C32H22N4. The molecule has 0 aliphatic heterocycles. The lowest BCUT2D eigenvalue weighted by Crippen LogP contribution is -2.00. The molecule has 0 amide bonds. The topological polar surface area (TPSA) is 51.6 Å². The number of nitrogens with zero attached hydrogens (tertiary/aromatic N) is 4. The Kier molecular flexibility index (Phi) is 5.83. The van der Waals surface area contributed by atoms with Crippen molar-refractivity contribution >= 4 is 0 Å². The van der Waals surface area contributed by atoms with Crippen LogP contribution >= 0.6 is 0 Å². The standard InChI is InChI=1S/C32H22N4/c1-3-8-25(9-4-1)30-34-31(26-10-5-2-6-11-26)36-32(35-30)27-16-14-23(15-17-27)28-12-7-13-29(22-28)24-18-20-33-21-19-24/h1-22H. The molecule has 2 heterocycles. The third-order valence-electron chi connectivity index (χ3n) is 6.05. The second-order valence-electron chi connectivity index (χ2n) is 8.43. The zero-order valence-corrected chi connectivity index (χ0v) is 19.5. The largest absolute Gasteiger partial charge is 0.265 e. The molecule has 0 radical (unpaired) electrons. The van der Waals surface area contributed by atoms with Crippen LogP contribution in [0.2, 0.25) is 0 Å². The van der Waals surface area contributed by atoms with Crippen LogP contribution in [0.1, 0.15) is 0 Å². The molecule has 0 unspecified atom stereocenters. The molecule has 6 aromatic rings. The summed E-state index contributed by atoms with van der Waals surface area (Å²) in [5.41, 5.74) is 7.47. The Morgan fingerprint density at radius 2 is 0.694 bits per heavy atom. The monoisotopic (exact) mass is 462 g/mol. The molecule has 4 aromatic carbocycles. The van der Waals surface area contributed by atoms with Crippen LogP contribution in [0.5, 0.6) is 0 Å². The Labute approximate surface area is 210 Å². The molecule has 4 nitrogen and oxygen atoms in total. The molecule has 4 heteroatoms. The first-order chi connectivity index (χ1) is 17.8. The quantitative estimate of drug-likeness (QED) is 0.265. The summed E-state index contributed by atoms with van der Waals surface area (Å²) in [6, 6.07) is 41.0. The van der Waals surface area contributed by atoms with E-state index in [2.05, 4.69) is 53.5 Å². The van der Waals surface area contributed by atoms with Gasteiger partial charge in [-0.2, -0.15) is 0 Å². The molecule has 0 saturated carbocycles. The summed E-state index contributed by atoms with van der Waals surface area (Å²) in [4.78, 5) is 18.6. The van der Waals surface area contributed by atoms with E-state index in [0.29, 0.717) is 17.5 Å². The Morgan fingerprint density at radius 1 is 0.306 bits per heavy atom. The molecule has 2 aromatic heterocycles. The molecule has 0 saturated heterocycles. The van der Waals surface area contributed by atoms with Crippen LogP contribution < -0.4 is 0 Å². The fraction of sp³-hybridized carbons (Fsp3) is 0. The van der Waals surface area contributed by atoms with Crippen LogP contribution in [-0.2, 0) is 0 Å². The number of rotatable bonds is 5. The number of pyridine rings is 1. The fourth-order valence-electron chi connectivity index (χ4n) is 4.17. The van der Waals surface area contributed by atoms with Crippen molar-refractivity contribution in [1.29, 1.82) is 0 Å². The van der Waals surface area contributed by atoms with E-state index >= 15 is 0 Å². The Morgan fingerprint density at radius 3 is 1.19 bits per heavy atom. The average Bonchev–Trinajstić information content (AvgIpc) is 2.98. The molecule has 0 bridgehead atoms. The summed E-state index contributed by atoms with van der Waals surface area (Å²) in [5.74, 6) is 1.97. The Bertz CT molecular complexity index is 1540. The summed E-state index contributed by atoms with van der Waals surface area (Å²) in [7, 11) is 0. The maximum Gasteiger partial charge on any atom is 0.164 e. The number of hydrogen-bond acceptors (Lipinski definition) is 4. The third kappa shape index (κ3) is 4.52. The van der Waals surface area contributed by atoms with Crippen LogP contribution in [0, 0.1) is 0 Å². The van der Waals surface area contributed by atoms with E-state index in [1.807, 2.05) is 85.2 Å². The molecule has 0 fully saturated rings. The Balaban J connectivity index is 1.38. The van der Waals surface area contributed by atoms with Crippen molar-refractivity contribution in [2.75, 3.05) is 0 Å². The second-order valence-corrected chi connectivity index (χ2v) is 8.43. The zero-order valence-electron chi connectivity index (χ0n) is 19.5. The molecule has 0 spiro atoms. The van der Waals surface area contributed by atoms with Crippen molar-refractivity contribution in [3.8, 4) is 56.4 Å². The molecule has 0 atom stereocenters. The highest BCUT2D eigenvalue weighted by molar-refractivity contribution is 5.75. The highest BCUT2D eigenvalue weighted by Crippen LogP contribution is 2.29. The van der Waals surface area contributed by atoms with Gasteiger partial charge in [0.15, 0.2) is 17.5 Å². The molecule has 6 rings (SSSR count). The summed E-state index contributed by atoms with van der Waals surface area (Å²) < 4.78 is 0. The number of hydrogen-bond donors (Lipinski definition) is 0. The summed E-state index contributed by atoms with van der Waals surface area (Å²) in [5, 5.41) is 0. The van der Waals surface area contributed by atoms with Crippen LogP contribution in [0.4, 0.5) is 0 Å². The first kappa shape index (κ1) is 21.6. The van der Waals surface area contributed by atoms with Gasteiger partial charge in [0.1, 0.15) is 0 Å². The van der Waals surface area contributed by atoms with E-state index in [4.69, 9.17) is 15.0 Å². The Hall–Kier alpha value is -4.96. The predicted molar refractivity (Wildman–Crippen MR) is 145 cm³/mol. The molecule has 170 valence electrons. The molecule has 0 N–H and O–H groups in total. The van der Waals surface area contributed by atoms with Crippen LogP contribution in [0.15, 0.2) is 134 Å². The van der Waals surface area contributed by atoms with Gasteiger partial charge in [0.2, 0.25) is 0 Å². The van der Waals surface area contributed by atoms with E-state index in [-0.39, 0.29) is 0 Å². The van der Waals surface area contributed by atoms with Gasteiger partial charge in [-0.1, -0.05) is 103 Å². The highest BCUT2D eigenvalue weighted by Gasteiger charge is 2.12. The molecule has 0 aliphatic carbocycles. The van der Waals surface area contributed by atoms with Gasteiger partial charge in [0.05, 0.1) is 0 Å². The lowest BCUT2D eigenvalue weighted by molar-refractivity contribution is 1.07. The SMILES string of the molecule is c1ccc(-c2nc(-c3ccccc3)nc(-c3ccc(-c4cccc(-c5ccncc5)c4)cc3)n2)cc1. The molecule has 36 heavy (non-hydrogen) atoms.